The standard InChI is InChI=1S/C13H18ClNO2/c1-17-13-6-3-2-5-12(13)11-15(9-10-16)8-4-7-14/h2-7,16H,8-11H2,1H3. The predicted octanol–water partition coefficient (Wildman–Crippen LogP) is 2.24. The summed E-state index contributed by atoms with van der Waals surface area (Å²) in [7, 11) is 1.66. The second-order valence-electron chi connectivity index (χ2n) is 3.63. The molecule has 0 aliphatic rings. The number of ether oxygens (including phenoxy) is 1. The van der Waals surface area contributed by atoms with Gasteiger partial charge in [-0.05, 0) is 6.07 Å². The lowest BCUT2D eigenvalue weighted by molar-refractivity contribution is 0.202. The van der Waals surface area contributed by atoms with E-state index in [0.29, 0.717) is 13.1 Å². The van der Waals surface area contributed by atoms with Crippen LogP contribution in [0.5, 0.6) is 5.75 Å². The van der Waals surface area contributed by atoms with Crippen LogP contribution < -0.4 is 4.74 Å². The molecule has 0 heterocycles. The van der Waals surface area contributed by atoms with Crippen molar-refractivity contribution < 1.29 is 9.84 Å². The molecule has 3 nitrogen and oxygen atoms in total. The second kappa shape index (κ2) is 8.12. The zero-order valence-corrected chi connectivity index (χ0v) is 10.7. The average Bonchev–Trinajstić information content (AvgIpc) is 2.37. The van der Waals surface area contributed by atoms with Gasteiger partial charge >= 0.3 is 0 Å². The molecule has 0 aliphatic heterocycles. The van der Waals surface area contributed by atoms with E-state index in [1.807, 2.05) is 30.3 Å². The molecule has 0 saturated heterocycles. The smallest absolute Gasteiger partial charge is 0.123 e. The summed E-state index contributed by atoms with van der Waals surface area (Å²) in [6.45, 7) is 2.18. The van der Waals surface area contributed by atoms with Crippen molar-refractivity contribution in [1.29, 1.82) is 0 Å². The van der Waals surface area contributed by atoms with Crippen molar-refractivity contribution in [3.63, 3.8) is 0 Å². The van der Waals surface area contributed by atoms with Crippen LogP contribution in [0.2, 0.25) is 0 Å². The summed E-state index contributed by atoms with van der Waals surface area (Å²) in [6.07, 6.45) is 1.85. The molecule has 0 bridgehead atoms. The number of aliphatic hydroxyl groups is 1. The Morgan fingerprint density at radius 1 is 1.41 bits per heavy atom. The molecule has 0 atom stereocenters. The summed E-state index contributed by atoms with van der Waals surface area (Å²) >= 11 is 5.51. The Balaban J connectivity index is 2.70. The SMILES string of the molecule is COc1ccccc1CN(CC=CCl)CCO. The normalized spacial score (nSPS) is 11.3. The van der Waals surface area contributed by atoms with E-state index in [1.54, 1.807) is 7.11 Å². The monoisotopic (exact) mass is 255 g/mol. The highest BCUT2D eigenvalue weighted by atomic mass is 35.5. The Morgan fingerprint density at radius 3 is 2.82 bits per heavy atom. The van der Waals surface area contributed by atoms with Gasteiger partial charge in [0, 0.05) is 30.7 Å². The second-order valence-corrected chi connectivity index (χ2v) is 3.88. The molecule has 0 amide bonds. The van der Waals surface area contributed by atoms with Gasteiger partial charge in [-0.3, -0.25) is 4.90 Å². The zero-order chi connectivity index (χ0) is 12.5. The lowest BCUT2D eigenvalue weighted by Crippen LogP contribution is -2.26. The summed E-state index contributed by atoms with van der Waals surface area (Å²) in [4.78, 5) is 2.09. The molecule has 0 fully saturated rings. The Bertz CT molecular complexity index is 355. The van der Waals surface area contributed by atoms with Crippen LogP contribution in [-0.4, -0.2) is 36.8 Å². The molecule has 0 aliphatic carbocycles. The third-order valence-electron chi connectivity index (χ3n) is 2.46. The molecule has 0 radical (unpaired) electrons. The van der Waals surface area contributed by atoms with Gasteiger partial charge in [-0.15, -0.1) is 0 Å². The fourth-order valence-corrected chi connectivity index (χ4v) is 1.72. The Kier molecular flexibility index (Phi) is 6.70. The van der Waals surface area contributed by atoms with E-state index in [2.05, 4.69) is 4.90 Å². The number of nitrogens with zero attached hydrogens (tertiary/aromatic N) is 1. The first-order valence-corrected chi connectivity index (χ1v) is 5.95. The summed E-state index contributed by atoms with van der Waals surface area (Å²) in [6, 6.07) is 7.88. The van der Waals surface area contributed by atoms with Crippen molar-refractivity contribution in [3.05, 3.63) is 41.4 Å². The number of benzene rings is 1. The van der Waals surface area contributed by atoms with E-state index in [-0.39, 0.29) is 6.61 Å². The number of hydrogen-bond donors (Lipinski definition) is 1. The van der Waals surface area contributed by atoms with Crippen LogP contribution in [0.4, 0.5) is 0 Å². The van der Waals surface area contributed by atoms with E-state index in [0.717, 1.165) is 17.9 Å². The van der Waals surface area contributed by atoms with Crippen LogP contribution in [0.25, 0.3) is 0 Å². The number of hydrogen-bond acceptors (Lipinski definition) is 3. The first-order valence-electron chi connectivity index (χ1n) is 5.52. The molecule has 0 saturated carbocycles. The maximum absolute atomic E-state index is 9.01. The number of methoxy groups -OCH3 is 1. The van der Waals surface area contributed by atoms with E-state index in [9.17, 15) is 0 Å². The van der Waals surface area contributed by atoms with Crippen LogP contribution in [-0.2, 0) is 6.54 Å². The lowest BCUT2D eigenvalue weighted by Gasteiger charge is -2.20. The first-order chi connectivity index (χ1) is 8.31. The minimum absolute atomic E-state index is 0.130. The molecule has 1 aromatic rings. The van der Waals surface area contributed by atoms with Gasteiger partial charge in [0.1, 0.15) is 5.75 Å². The Hall–Kier alpha value is -1.03. The highest BCUT2D eigenvalue weighted by Crippen LogP contribution is 2.19. The van der Waals surface area contributed by atoms with Gasteiger partial charge in [-0.1, -0.05) is 35.9 Å². The lowest BCUT2D eigenvalue weighted by atomic mass is 10.2. The van der Waals surface area contributed by atoms with Gasteiger partial charge in [0.25, 0.3) is 0 Å². The molecular weight excluding hydrogens is 238 g/mol. The highest BCUT2D eigenvalue weighted by molar-refractivity contribution is 6.25. The quantitative estimate of drug-likeness (QED) is 0.811. The van der Waals surface area contributed by atoms with Crippen molar-refractivity contribution in [1.82, 2.24) is 4.90 Å². The minimum Gasteiger partial charge on any atom is -0.496 e. The van der Waals surface area contributed by atoms with Gasteiger partial charge in [0.15, 0.2) is 0 Å². The van der Waals surface area contributed by atoms with E-state index < -0.39 is 0 Å². The van der Waals surface area contributed by atoms with Crippen LogP contribution in [0.1, 0.15) is 5.56 Å². The topological polar surface area (TPSA) is 32.7 Å². The summed E-state index contributed by atoms with van der Waals surface area (Å²) in [5, 5.41) is 9.01. The fourth-order valence-electron chi connectivity index (χ4n) is 1.64. The van der Waals surface area contributed by atoms with E-state index in [1.165, 1.54) is 5.54 Å². The number of aliphatic hydroxyl groups excluding tert-OH is 1. The molecule has 0 unspecified atom stereocenters. The molecule has 4 heteroatoms. The molecule has 1 rings (SSSR count). The maximum atomic E-state index is 9.01. The third-order valence-corrected chi connectivity index (χ3v) is 2.63. The Morgan fingerprint density at radius 2 is 2.18 bits per heavy atom. The first kappa shape index (κ1) is 14.0. The molecule has 1 N–H and O–H groups in total. The molecule has 0 aromatic heterocycles. The van der Waals surface area contributed by atoms with Crippen LogP contribution in [0, 0.1) is 0 Å². The Labute approximate surface area is 107 Å². The van der Waals surface area contributed by atoms with E-state index >= 15 is 0 Å². The predicted molar refractivity (Wildman–Crippen MR) is 70.3 cm³/mol. The van der Waals surface area contributed by atoms with Crippen molar-refractivity contribution in [2.24, 2.45) is 0 Å². The average molecular weight is 256 g/mol. The van der Waals surface area contributed by atoms with Gasteiger partial charge < -0.3 is 9.84 Å². The summed E-state index contributed by atoms with van der Waals surface area (Å²) < 4.78 is 5.30. The molecular formula is C13H18ClNO2. The molecule has 0 spiro atoms. The van der Waals surface area contributed by atoms with Gasteiger partial charge in [0.2, 0.25) is 0 Å². The van der Waals surface area contributed by atoms with Crippen molar-refractivity contribution in [2.45, 2.75) is 6.54 Å². The van der Waals surface area contributed by atoms with Crippen molar-refractivity contribution >= 4 is 11.6 Å². The van der Waals surface area contributed by atoms with Gasteiger partial charge in [0.05, 0.1) is 13.7 Å². The van der Waals surface area contributed by atoms with Gasteiger partial charge in [-0.25, -0.2) is 0 Å². The number of halogens is 1. The molecule has 1 aromatic carbocycles. The van der Waals surface area contributed by atoms with Crippen molar-refractivity contribution in [3.8, 4) is 5.75 Å². The zero-order valence-electron chi connectivity index (χ0n) is 9.97. The van der Waals surface area contributed by atoms with Gasteiger partial charge in [-0.2, -0.15) is 0 Å². The number of para-hydroxylation sites is 1. The largest absolute Gasteiger partial charge is 0.496 e. The third kappa shape index (κ3) is 4.77. The highest BCUT2D eigenvalue weighted by Gasteiger charge is 2.07. The summed E-state index contributed by atoms with van der Waals surface area (Å²) in [5.41, 5.74) is 2.60. The molecule has 94 valence electrons. The summed E-state index contributed by atoms with van der Waals surface area (Å²) in [5.74, 6) is 0.866. The van der Waals surface area contributed by atoms with Crippen LogP contribution in [0.15, 0.2) is 35.9 Å². The number of rotatable bonds is 7. The molecule has 17 heavy (non-hydrogen) atoms. The van der Waals surface area contributed by atoms with Crippen molar-refractivity contribution in [2.75, 3.05) is 26.8 Å². The van der Waals surface area contributed by atoms with Crippen LogP contribution in [0.3, 0.4) is 0 Å². The minimum atomic E-state index is 0.130. The van der Waals surface area contributed by atoms with Crippen LogP contribution >= 0.6 is 11.6 Å². The maximum Gasteiger partial charge on any atom is 0.123 e. The van der Waals surface area contributed by atoms with E-state index in [4.69, 9.17) is 21.4 Å². The fraction of sp³-hybridized carbons (Fsp3) is 0.385.